The lowest BCUT2D eigenvalue weighted by atomic mass is 10.2. The Balaban J connectivity index is 2.94. The largest absolute Gasteiger partial charge is 0.481 e. The zero-order valence-electron chi connectivity index (χ0n) is 12.9. The van der Waals surface area contributed by atoms with E-state index in [2.05, 4.69) is 18.8 Å². The molecule has 1 heterocycles. The molecule has 0 radical (unpaired) electrons. The smallest absolute Gasteiger partial charge is 0.350 e. The lowest BCUT2D eigenvalue weighted by Gasteiger charge is -2.23. The lowest BCUT2D eigenvalue weighted by Crippen LogP contribution is -2.29. The summed E-state index contributed by atoms with van der Waals surface area (Å²) >= 11 is 1.26. The van der Waals surface area contributed by atoms with Crippen LogP contribution in [0, 0.1) is 12.8 Å². The molecule has 0 aliphatic rings. The van der Waals surface area contributed by atoms with Crippen LogP contribution in [0.2, 0.25) is 0 Å². The summed E-state index contributed by atoms with van der Waals surface area (Å²) in [6, 6.07) is 0. The average molecular weight is 314 g/mol. The van der Waals surface area contributed by atoms with Crippen LogP contribution in [0.25, 0.3) is 0 Å². The van der Waals surface area contributed by atoms with Gasteiger partial charge in [-0.3, -0.25) is 4.79 Å². The Hall–Kier alpha value is -1.63. The van der Waals surface area contributed by atoms with Gasteiger partial charge in [0.05, 0.1) is 18.7 Å². The molecule has 6 nitrogen and oxygen atoms in total. The van der Waals surface area contributed by atoms with E-state index in [1.165, 1.54) is 11.3 Å². The van der Waals surface area contributed by atoms with Gasteiger partial charge in [0.25, 0.3) is 0 Å². The van der Waals surface area contributed by atoms with Crippen LogP contribution in [0.3, 0.4) is 0 Å². The average Bonchev–Trinajstić information content (AvgIpc) is 2.76. The summed E-state index contributed by atoms with van der Waals surface area (Å²) in [7, 11) is 0. The molecule has 0 atom stereocenters. The van der Waals surface area contributed by atoms with Crippen molar-refractivity contribution < 1.29 is 19.4 Å². The van der Waals surface area contributed by atoms with Crippen molar-refractivity contribution in [1.82, 2.24) is 4.98 Å². The molecule has 0 spiro atoms. The van der Waals surface area contributed by atoms with E-state index in [0.29, 0.717) is 41.3 Å². The molecule has 1 rings (SSSR count). The van der Waals surface area contributed by atoms with Crippen molar-refractivity contribution in [3.8, 4) is 0 Å². The molecule has 0 saturated heterocycles. The number of carbonyl (C=O) groups is 2. The van der Waals surface area contributed by atoms with Gasteiger partial charge >= 0.3 is 11.9 Å². The molecular weight excluding hydrogens is 292 g/mol. The number of carboxylic acid groups (broad SMARTS) is 1. The van der Waals surface area contributed by atoms with E-state index in [0.717, 1.165) is 0 Å². The van der Waals surface area contributed by atoms with E-state index in [1.807, 2.05) is 4.90 Å². The van der Waals surface area contributed by atoms with E-state index in [-0.39, 0.29) is 12.4 Å². The van der Waals surface area contributed by atoms with Crippen LogP contribution in [0.15, 0.2) is 0 Å². The highest BCUT2D eigenvalue weighted by atomic mass is 32.1. The van der Waals surface area contributed by atoms with Crippen LogP contribution in [0.1, 0.15) is 42.6 Å². The van der Waals surface area contributed by atoms with Gasteiger partial charge in [0.2, 0.25) is 0 Å². The Morgan fingerprint density at radius 2 is 2.10 bits per heavy atom. The van der Waals surface area contributed by atoms with Crippen molar-refractivity contribution in [2.24, 2.45) is 5.92 Å². The van der Waals surface area contributed by atoms with Gasteiger partial charge in [-0.25, -0.2) is 9.78 Å². The monoisotopic (exact) mass is 314 g/mol. The van der Waals surface area contributed by atoms with Crippen LogP contribution in [0.5, 0.6) is 0 Å². The Morgan fingerprint density at radius 3 is 2.62 bits per heavy atom. The van der Waals surface area contributed by atoms with Gasteiger partial charge in [-0.15, -0.1) is 0 Å². The number of thiazole rings is 1. The van der Waals surface area contributed by atoms with E-state index in [9.17, 15) is 9.59 Å². The Labute approximate surface area is 128 Å². The second-order valence-electron chi connectivity index (χ2n) is 5.12. The molecule has 1 N–H and O–H groups in total. The fourth-order valence-corrected chi connectivity index (χ4v) is 2.84. The Bertz CT molecular complexity index is 499. The minimum atomic E-state index is -0.845. The molecule has 0 amide bonds. The molecule has 0 aromatic carbocycles. The first-order valence-corrected chi connectivity index (χ1v) is 7.78. The van der Waals surface area contributed by atoms with Crippen LogP contribution in [0.4, 0.5) is 5.13 Å². The maximum Gasteiger partial charge on any atom is 0.350 e. The fraction of sp³-hybridized carbons (Fsp3) is 0.643. The fourth-order valence-electron chi connectivity index (χ4n) is 1.84. The number of anilines is 1. The minimum Gasteiger partial charge on any atom is -0.481 e. The number of carboxylic acids is 1. The van der Waals surface area contributed by atoms with Crippen LogP contribution < -0.4 is 4.90 Å². The van der Waals surface area contributed by atoms with Crippen LogP contribution in [-0.4, -0.2) is 41.7 Å². The van der Waals surface area contributed by atoms with Crippen molar-refractivity contribution in [3.05, 3.63) is 10.6 Å². The summed E-state index contributed by atoms with van der Waals surface area (Å²) in [4.78, 5) is 29.4. The zero-order valence-corrected chi connectivity index (χ0v) is 13.7. The van der Waals surface area contributed by atoms with Gasteiger partial charge in [0.1, 0.15) is 4.88 Å². The predicted molar refractivity (Wildman–Crippen MR) is 82.1 cm³/mol. The third-order valence-electron chi connectivity index (χ3n) is 2.70. The van der Waals surface area contributed by atoms with Crippen LogP contribution >= 0.6 is 11.3 Å². The first-order valence-electron chi connectivity index (χ1n) is 6.96. The van der Waals surface area contributed by atoms with Gasteiger partial charge < -0.3 is 14.7 Å². The second kappa shape index (κ2) is 7.97. The van der Waals surface area contributed by atoms with Crippen molar-refractivity contribution in [1.29, 1.82) is 0 Å². The standard InChI is InChI=1S/C14H22N2O4S/c1-5-20-13(19)12-10(4)15-14(21-12)16(8-9(2)3)7-6-11(17)18/h9H,5-8H2,1-4H3,(H,17,18). The first kappa shape index (κ1) is 17.4. The number of nitrogens with zero attached hydrogens (tertiary/aromatic N) is 2. The third kappa shape index (κ3) is 5.34. The highest BCUT2D eigenvalue weighted by molar-refractivity contribution is 7.17. The Morgan fingerprint density at radius 1 is 1.43 bits per heavy atom. The molecule has 1 aromatic rings. The number of esters is 1. The van der Waals surface area contributed by atoms with E-state index >= 15 is 0 Å². The topological polar surface area (TPSA) is 79.7 Å². The summed E-state index contributed by atoms with van der Waals surface area (Å²) in [5, 5.41) is 9.52. The molecule has 0 unspecified atom stereocenters. The van der Waals surface area contributed by atoms with Gasteiger partial charge in [0.15, 0.2) is 5.13 Å². The Kier molecular flexibility index (Phi) is 6.61. The van der Waals surface area contributed by atoms with Crippen molar-refractivity contribution in [2.75, 3.05) is 24.6 Å². The van der Waals surface area contributed by atoms with E-state index in [1.54, 1.807) is 13.8 Å². The van der Waals surface area contributed by atoms with Crippen LogP contribution in [-0.2, 0) is 9.53 Å². The molecule has 0 fully saturated rings. The molecule has 1 aromatic heterocycles. The van der Waals surface area contributed by atoms with Gasteiger partial charge in [-0.05, 0) is 19.8 Å². The summed E-state index contributed by atoms with van der Waals surface area (Å²) in [5.74, 6) is -0.849. The molecule has 7 heteroatoms. The number of rotatable bonds is 8. The summed E-state index contributed by atoms with van der Waals surface area (Å²) in [5.41, 5.74) is 0.623. The van der Waals surface area contributed by atoms with E-state index < -0.39 is 5.97 Å². The normalized spacial score (nSPS) is 10.7. The summed E-state index contributed by atoms with van der Waals surface area (Å²) < 4.78 is 5.00. The molecular formula is C14H22N2O4S. The number of aromatic nitrogens is 1. The first-order chi connectivity index (χ1) is 9.85. The number of hydrogen-bond acceptors (Lipinski definition) is 6. The number of aliphatic carboxylic acids is 1. The maximum atomic E-state index is 11.8. The van der Waals surface area contributed by atoms with Gasteiger partial charge in [-0.1, -0.05) is 25.2 Å². The minimum absolute atomic E-state index is 0.0418. The van der Waals surface area contributed by atoms with Crippen molar-refractivity contribution in [3.63, 3.8) is 0 Å². The SMILES string of the molecule is CCOC(=O)c1sc(N(CCC(=O)O)CC(C)C)nc1C. The lowest BCUT2D eigenvalue weighted by molar-refractivity contribution is -0.136. The number of hydrogen-bond donors (Lipinski definition) is 1. The molecule has 0 aliphatic carbocycles. The number of ether oxygens (including phenoxy) is 1. The quantitative estimate of drug-likeness (QED) is 0.743. The predicted octanol–water partition coefficient (Wildman–Crippen LogP) is 2.57. The molecule has 0 saturated carbocycles. The number of carbonyl (C=O) groups excluding carboxylic acids is 1. The van der Waals surface area contributed by atoms with E-state index in [4.69, 9.17) is 9.84 Å². The zero-order chi connectivity index (χ0) is 16.0. The highest BCUT2D eigenvalue weighted by Gasteiger charge is 2.20. The molecule has 118 valence electrons. The van der Waals surface area contributed by atoms with Gasteiger partial charge in [0, 0.05) is 13.1 Å². The van der Waals surface area contributed by atoms with Crippen molar-refractivity contribution >= 4 is 28.4 Å². The number of aryl methyl sites for hydroxylation is 1. The maximum absolute atomic E-state index is 11.8. The van der Waals surface area contributed by atoms with Gasteiger partial charge in [-0.2, -0.15) is 0 Å². The highest BCUT2D eigenvalue weighted by Crippen LogP contribution is 2.27. The molecule has 0 aliphatic heterocycles. The molecule has 21 heavy (non-hydrogen) atoms. The summed E-state index contributed by atoms with van der Waals surface area (Å²) in [6.07, 6.45) is 0.0418. The third-order valence-corrected chi connectivity index (χ3v) is 3.90. The molecule has 0 bridgehead atoms. The van der Waals surface area contributed by atoms with Crippen molar-refractivity contribution in [2.45, 2.75) is 34.1 Å². The second-order valence-corrected chi connectivity index (χ2v) is 6.09. The summed E-state index contributed by atoms with van der Waals surface area (Å²) in [6.45, 7) is 9.02.